The number of thiophene rings is 1. The molecule has 2 rings (SSSR count). The second-order valence-electron chi connectivity index (χ2n) is 5.71. The standard InChI is InChI=1S/C14H25N3O2S2/c1-10-8-14(12(3)20-10)11(2)16-21(18,19)17-7-5-4-6-13(17)9-15/h8,11,13,16H,4-7,9,15H2,1-3H3. The molecule has 1 aliphatic rings. The predicted octanol–water partition coefficient (Wildman–Crippen LogP) is 2.07. The second-order valence-corrected chi connectivity index (χ2v) is 8.82. The quantitative estimate of drug-likeness (QED) is 0.867. The summed E-state index contributed by atoms with van der Waals surface area (Å²) in [6.07, 6.45) is 2.80. The fraction of sp³-hybridized carbons (Fsp3) is 0.714. The van der Waals surface area contributed by atoms with E-state index in [0.717, 1.165) is 29.7 Å². The predicted molar refractivity (Wildman–Crippen MR) is 87.7 cm³/mol. The lowest BCUT2D eigenvalue weighted by molar-refractivity contribution is 0.253. The number of nitrogens with zero attached hydrogens (tertiary/aromatic N) is 1. The van der Waals surface area contributed by atoms with Gasteiger partial charge in [0.2, 0.25) is 0 Å². The number of hydrogen-bond acceptors (Lipinski definition) is 4. The normalized spacial score (nSPS) is 22.4. The topological polar surface area (TPSA) is 75.4 Å². The maximum atomic E-state index is 12.6. The van der Waals surface area contributed by atoms with Crippen molar-refractivity contribution in [1.29, 1.82) is 0 Å². The highest BCUT2D eigenvalue weighted by Gasteiger charge is 2.32. The van der Waals surface area contributed by atoms with Gasteiger partial charge in [-0.15, -0.1) is 11.3 Å². The molecule has 7 heteroatoms. The van der Waals surface area contributed by atoms with E-state index in [1.54, 1.807) is 15.6 Å². The molecule has 0 aliphatic carbocycles. The SMILES string of the molecule is Cc1cc(C(C)NS(=O)(=O)N2CCCCC2CN)c(C)s1. The maximum Gasteiger partial charge on any atom is 0.280 e. The van der Waals surface area contributed by atoms with Gasteiger partial charge < -0.3 is 5.73 Å². The second kappa shape index (κ2) is 6.75. The van der Waals surface area contributed by atoms with Crippen LogP contribution < -0.4 is 10.5 Å². The Bertz CT molecular complexity index is 583. The van der Waals surface area contributed by atoms with Gasteiger partial charge in [0, 0.05) is 34.9 Å². The van der Waals surface area contributed by atoms with Gasteiger partial charge in [0.25, 0.3) is 10.2 Å². The van der Waals surface area contributed by atoms with Crippen LogP contribution >= 0.6 is 11.3 Å². The van der Waals surface area contributed by atoms with Crippen LogP contribution in [0.1, 0.15) is 47.5 Å². The molecular formula is C14H25N3O2S2. The molecule has 5 nitrogen and oxygen atoms in total. The molecule has 3 N–H and O–H groups in total. The van der Waals surface area contributed by atoms with Crippen LogP contribution in [0.2, 0.25) is 0 Å². The summed E-state index contributed by atoms with van der Waals surface area (Å²) in [6, 6.07) is 1.76. The monoisotopic (exact) mass is 331 g/mol. The Kier molecular flexibility index (Phi) is 5.43. The minimum Gasteiger partial charge on any atom is -0.329 e. The van der Waals surface area contributed by atoms with E-state index in [-0.39, 0.29) is 12.1 Å². The number of hydrogen-bond donors (Lipinski definition) is 2. The Morgan fingerprint density at radius 1 is 1.48 bits per heavy atom. The highest BCUT2D eigenvalue weighted by Crippen LogP contribution is 2.27. The molecule has 0 aromatic carbocycles. The van der Waals surface area contributed by atoms with E-state index >= 15 is 0 Å². The van der Waals surface area contributed by atoms with E-state index in [1.165, 1.54) is 4.88 Å². The Hall–Kier alpha value is -0.470. The number of nitrogens with two attached hydrogens (primary N) is 1. The van der Waals surface area contributed by atoms with Crippen LogP contribution in [0.3, 0.4) is 0 Å². The Morgan fingerprint density at radius 2 is 2.19 bits per heavy atom. The number of aryl methyl sites for hydroxylation is 2. The Labute approximate surface area is 131 Å². The molecule has 1 fully saturated rings. The van der Waals surface area contributed by atoms with Gasteiger partial charge in [-0.25, -0.2) is 0 Å². The summed E-state index contributed by atoms with van der Waals surface area (Å²) in [5.74, 6) is 0. The lowest BCUT2D eigenvalue weighted by atomic mass is 10.1. The Morgan fingerprint density at radius 3 is 2.76 bits per heavy atom. The molecule has 0 amide bonds. The van der Waals surface area contributed by atoms with Crippen molar-refractivity contribution in [1.82, 2.24) is 9.03 Å². The Balaban J connectivity index is 2.14. The molecule has 21 heavy (non-hydrogen) atoms. The molecule has 1 aromatic heterocycles. The fourth-order valence-corrected chi connectivity index (χ4v) is 5.65. The molecule has 0 radical (unpaired) electrons. The average molecular weight is 332 g/mol. The van der Waals surface area contributed by atoms with Crippen LogP contribution in [-0.4, -0.2) is 31.9 Å². The molecule has 0 bridgehead atoms. The van der Waals surface area contributed by atoms with Crippen LogP contribution in [-0.2, 0) is 10.2 Å². The van der Waals surface area contributed by atoms with E-state index in [1.807, 2.05) is 20.8 Å². The van der Waals surface area contributed by atoms with Gasteiger partial charge in [-0.2, -0.15) is 17.4 Å². The fourth-order valence-electron chi connectivity index (χ4n) is 2.96. The zero-order valence-electron chi connectivity index (χ0n) is 12.9. The van der Waals surface area contributed by atoms with Crippen molar-refractivity contribution < 1.29 is 8.42 Å². The molecule has 1 aromatic rings. The van der Waals surface area contributed by atoms with Gasteiger partial charge >= 0.3 is 0 Å². The van der Waals surface area contributed by atoms with E-state index in [9.17, 15) is 8.42 Å². The minimum atomic E-state index is -3.49. The van der Waals surface area contributed by atoms with Crippen molar-refractivity contribution in [3.8, 4) is 0 Å². The first kappa shape index (κ1) is 16.9. The largest absolute Gasteiger partial charge is 0.329 e. The lowest BCUT2D eigenvalue weighted by Crippen LogP contribution is -2.52. The minimum absolute atomic E-state index is 0.0752. The van der Waals surface area contributed by atoms with Crippen LogP contribution in [0.5, 0.6) is 0 Å². The average Bonchev–Trinajstić information content (AvgIpc) is 2.77. The summed E-state index contributed by atoms with van der Waals surface area (Å²) in [6.45, 7) is 6.91. The first-order valence-electron chi connectivity index (χ1n) is 7.41. The van der Waals surface area contributed by atoms with Crippen LogP contribution in [0.25, 0.3) is 0 Å². The maximum absolute atomic E-state index is 12.6. The molecule has 1 saturated heterocycles. The smallest absolute Gasteiger partial charge is 0.280 e. The van der Waals surface area contributed by atoms with Crippen molar-refractivity contribution in [2.24, 2.45) is 5.73 Å². The van der Waals surface area contributed by atoms with E-state index in [0.29, 0.717) is 13.1 Å². The molecule has 120 valence electrons. The van der Waals surface area contributed by atoms with Crippen LogP contribution in [0.15, 0.2) is 6.07 Å². The van der Waals surface area contributed by atoms with Crippen LogP contribution in [0, 0.1) is 13.8 Å². The summed E-state index contributed by atoms with van der Waals surface area (Å²) >= 11 is 1.70. The summed E-state index contributed by atoms with van der Waals surface area (Å²) in [7, 11) is -3.49. The van der Waals surface area contributed by atoms with E-state index < -0.39 is 10.2 Å². The van der Waals surface area contributed by atoms with Gasteiger partial charge in [0.05, 0.1) is 0 Å². The molecule has 0 spiro atoms. The first-order valence-corrected chi connectivity index (χ1v) is 9.67. The molecule has 1 aliphatic heterocycles. The zero-order valence-corrected chi connectivity index (χ0v) is 14.6. The number of rotatable bonds is 5. The highest BCUT2D eigenvalue weighted by atomic mass is 32.2. The summed E-state index contributed by atoms with van der Waals surface area (Å²) in [5, 5.41) is 0. The summed E-state index contributed by atoms with van der Waals surface area (Å²) < 4.78 is 29.6. The molecular weight excluding hydrogens is 306 g/mol. The van der Waals surface area contributed by atoms with Gasteiger partial charge in [0.15, 0.2) is 0 Å². The third kappa shape index (κ3) is 3.84. The molecule has 2 unspecified atom stereocenters. The lowest BCUT2D eigenvalue weighted by Gasteiger charge is -2.34. The first-order chi connectivity index (χ1) is 9.85. The highest BCUT2D eigenvalue weighted by molar-refractivity contribution is 7.87. The molecule has 0 saturated carbocycles. The van der Waals surface area contributed by atoms with Crippen molar-refractivity contribution in [3.63, 3.8) is 0 Å². The van der Waals surface area contributed by atoms with Crippen molar-refractivity contribution in [3.05, 3.63) is 21.4 Å². The van der Waals surface area contributed by atoms with Gasteiger partial charge in [-0.05, 0) is 45.2 Å². The third-order valence-corrected chi connectivity index (χ3v) is 6.76. The van der Waals surface area contributed by atoms with Crippen molar-refractivity contribution >= 4 is 21.5 Å². The van der Waals surface area contributed by atoms with Crippen molar-refractivity contribution in [2.75, 3.05) is 13.1 Å². The van der Waals surface area contributed by atoms with Gasteiger partial charge in [-0.3, -0.25) is 0 Å². The van der Waals surface area contributed by atoms with Crippen molar-refractivity contribution in [2.45, 2.75) is 52.1 Å². The van der Waals surface area contributed by atoms with Gasteiger partial charge in [0.1, 0.15) is 0 Å². The molecule has 2 heterocycles. The zero-order chi connectivity index (χ0) is 15.6. The number of nitrogens with one attached hydrogen (secondary N) is 1. The number of piperidine rings is 1. The van der Waals surface area contributed by atoms with E-state index in [2.05, 4.69) is 10.8 Å². The van der Waals surface area contributed by atoms with Crippen LogP contribution in [0.4, 0.5) is 0 Å². The molecule has 2 atom stereocenters. The van der Waals surface area contributed by atoms with E-state index in [4.69, 9.17) is 5.73 Å². The third-order valence-electron chi connectivity index (χ3n) is 4.03. The van der Waals surface area contributed by atoms with Gasteiger partial charge in [-0.1, -0.05) is 6.42 Å². The summed E-state index contributed by atoms with van der Waals surface area (Å²) in [5.41, 5.74) is 6.79. The summed E-state index contributed by atoms with van der Waals surface area (Å²) in [4.78, 5) is 2.36.